The zero-order valence-corrected chi connectivity index (χ0v) is 20.3. The van der Waals surface area contributed by atoms with Crippen LogP contribution < -0.4 is 15.2 Å². The van der Waals surface area contributed by atoms with Gasteiger partial charge in [0.15, 0.2) is 5.82 Å². The maximum Gasteiger partial charge on any atom is 0.273 e. The molecule has 3 aromatic rings. The Balaban J connectivity index is 1.26. The number of rotatable bonds is 10. The molecule has 1 amide bonds. The van der Waals surface area contributed by atoms with Crippen LogP contribution in [0.2, 0.25) is 0 Å². The van der Waals surface area contributed by atoms with Crippen LogP contribution in [0, 0.1) is 5.82 Å². The van der Waals surface area contributed by atoms with Crippen LogP contribution in [-0.2, 0) is 16.0 Å². The Bertz CT molecular complexity index is 1190. The van der Waals surface area contributed by atoms with Crippen molar-refractivity contribution in [3.05, 3.63) is 70.4 Å². The molecule has 190 valence electrons. The second-order valence-corrected chi connectivity index (χ2v) is 8.36. The molecule has 1 aromatic heterocycles. The molecule has 0 unspecified atom stereocenters. The highest BCUT2D eigenvalue weighted by Crippen LogP contribution is 2.19. The number of aromatic nitrogens is 3. The molecule has 1 fully saturated rings. The van der Waals surface area contributed by atoms with E-state index in [1.807, 2.05) is 6.92 Å². The van der Waals surface area contributed by atoms with Crippen molar-refractivity contribution >= 4 is 11.6 Å². The van der Waals surface area contributed by atoms with Crippen molar-refractivity contribution in [2.24, 2.45) is 0 Å². The van der Waals surface area contributed by atoms with Crippen molar-refractivity contribution in [2.45, 2.75) is 19.8 Å². The summed E-state index contributed by atoms with van der Waals surface area (Å²) in [6.07, 6.45) is 0.396. The van der Waals surface area contributed by atoms with Crippen LogP contribution >= 0.6 is 0 Å². The Morgan fingerprint density at radius 1 is 1.00 bits per heavy atom. The van der Waals surface area contributed by atoms with Gasteiger partial charge in [-0.05, 0) is 55.5 Å². The van der Waals surface area contributed by atoms with E-state index in [9.17, 15) is 14.0 Å². The Morgan fingerprint density at radius 2 is 1.72 bits per heavy atom. The van der Waals surface area contributed by atoms with Crippen molar-refractivity contribution in [1.29, 1.82) is 0 Å². The summed E-state index contributed by atoms with van der Waals surface area (Å²) in [6, 6.07) is 13.5. The van der Waals surface area contributed by atoms with Gasteiger partial charge in [0.25, 0.3) is 5.56 Å². The average Bonchev–Trinajstić information content (AvgIpc) is 2.91. The first-order valence-corrected chi connectivity index (χ1v) is 12.1. The van der Waals surface area contributed by atoms with E-state index in [1.165, 1.54) is 12.1 Å². The third-order valence-electron chi connectivity index (χ3n) is 5.99. The molecular weight excluding hydrogens is 465 g/mol. The number of aromatic amines is 1. The number of carbonyl (C=O) groups excluding carboxylic acids is 1. The second kappa shape index (κ2) is 12.3. The van der Waals surface area contributed by atoms with Gasteiger partial charge in [0.05, 0.1) is 6.61 Å². The third-order valence-corrected chi connectivity index (χ3v) is 5.99. The molecule has 10 heteroatoms. The quantitative estimate of drug-likeness (QED) is 0.432. The van der Waals surface area contributed by atoms with E-state index in [0.29, 0.717) is 63.1 Å². The molecule has 2 aromatic carbocycles. The van der Waals surface area contributed by atoms with Crippen LogP contribution in [0.25, 0.3) is 11.4 Å². The van der Waals surface area contributed by atoms with Gasteiger partial charge in [-0.3, -0.25) is 9.59 Å². The number of hydrogen-bond acceptors (Lipinski definition) is 7. The summed E-state index contributed by atoms with van der Waals surface area (Å²) >= 11 is 0. The summed E-state index contributed by atoms with van der Waals surface area (Å²) in [4.78, 5) is 31.9. The number of amides is 1. The lowest BCUT2D eigenvalue weighted by atomic mass is 10.2. The van der Waals surface area contributed by atoms with Crippen LogP contribution in [-0.4, -0.2) is 72.0 Å². The number of nitrogens with zero attached hydrogens (tertiary/aromatic N) is 4. The monoisotopic (exact) mass is 495 g/mol. The second-order valence-electron chi connectivity index (χ2n) is 8.36. The normalized spacial score (nSPS) is 13.6. The predicted molar refractivity (Wildman–Crippen MR) is 134 cm³/mol. The molecule has 0 bridgehead atoms. The minimum atomic E-state index is -0.356. The highest BCUT2D eigenvalue weighted by Gasteiger charge is 2.21. The number of piperazine rings is 1. The van der Waals surface area contributed by atoms with Crippen LogP contribution in [0.5, 0.6) is 5.75 Å². The first kappa shape index (κ1) is 25.3. The van der Waals surface area contributed by atoms with Crippen LogP contribution in [0.15, 0.2) is 53.3 Å². The number of hydrogen-bond donors (Lipinski definition) is 1. The summed E-state index contributed by atoms with van der Waals surface area (Å²) in [5.41, 5.74) is 1.52. The van der Waals surface area contributed by atoms with Gasteiger partial charge >= 0.3 is 0 Å². The standard InChI is InChI=1S/C26H30FN5O4/c1-2-35-17-18-36-22-9-3-19(4-10-22)25-28-26(34)23(29-30-25)11-12-24(33)32-15-13-31(14-16-32)21-7-5-20(27)6-8-21/h3-10H,2,11-18H2,1H3,(H,28,30,34). The number of aryl methyl sites for hydroxylation is 1. The van der Waals surface area contributed by atoms with Gasteiger partial charge in [-0.15, -0.1) is 10.2 Å². The summed E-state index contributed by atoms with van der Waals surface area (Å²) in [5, 5.41) is 8.21. The minimum absolute atomic E-state index is 0.0287. The molecule has 1 aliphatic heterocycles. The number of carbonyl (C=O) groups is 1. The summed E-state index contributed by atoms with van der Waals surface area (Å²) in [5.74, 6) is 0.754. The molecule has 0 radical (unpaired) electrons. The molecule has 0 saturated carbocycles. The third kappa shape index (κ3) is 6.66. The lowest BCUT2D eigenvalue weighted by Crippen LogP contribution is -2.48. The summed E-state index contributed by atoms with van der Waals surface area (Å²) < 4.78 is 24.0. The maximum atomic E-state index is 13.1. The molecule has 0 spiro atoms. The molecular formula is C26H30FN5O4. The average molecular weight is 496 g/mol. The Morgan fingerprint density at radius 3 is 2.39 bits per heavy atom. The smallest absolute Gasteiger partial charge is 0.273 e. The van der Waals surface area contributed by atoms with E-state index in [-0.39, 0.29) is 35.8 Å². The molecule has 1 aliphatic rings. The lowest BCUT2D eigenvalue weighted by molar-refractivity contribution is -0.131. The number of benzene rings is 2. The number of halogens is 1. The topological polar surface area (TPSA) is 101 Å². The molecule has 0 aliphatic carbocycles. The molecule has 1 saturated heterocycles. The van der Waals surface area contributed by atoms with E-state index in [0.717, 1.165) is 5.69 Å². The van der Waals surface area contributed by atoms with Crippen molar-refractivity contribution < 1.29 is 18.7 Å². The number of anilines is 1. The van der Waals surface area contributed by atoms with Crippen LogP contribution in [0.1, 0.15) is 19.0 Å². The number of ether oxygens (including phenoxy) is 2. The van der Waals surface area contributed by atoms with Crippen molar-refractivity contribution in [3.8, 4) is 17.1 Å². The zero-order chi connectivity index (χ0) is 25.3. The SMILES string of the molecule is CCOCCOc1ccc(-c2nnc(CCC(=O)N3CCN(c4ccc(F)cc4)CC3)c(=O)[nH]2)cc1. The van der Waals surface area contributed by atoms with Gasteiger partial charge in [0.1, 0.15) is 23.9 Å². The number of H-pyrrole nitrogens is 1. The van der Waals surface area contributed by atoms with Crippen LogP contribution in [0.3, 0.4) is 0 Å². The first-order valence-electron chi connectivity index (χ1n) is 12.1. The van der Waals surface area contributed by atoms with Gasteiger partial charge in [-0.25, -0.2) is 4.39 Å². The highest BCUT2D eigenvalue weighted by molar-refractivity contribution is 5.76. The minimum Gasteiger partial charge on any atom is -0.491 e. The van der Waals surface area contributed by atoms with Crippen molar-refractivity contribution in [1.82, 2.24) is 20.1 Å². The molecule has 2 heterocycles. The van der Waals surface area contributed by atoms with E-state index in [1.54, 1.807) is 41.3 Å². The maximum absolute atomic E-state index is 13.1. The fourth-order valence-corrected chi connectivity index (χ4v) is 3.98. The van der Waals surface area contributed by atoms with E-state index >= 15 is 0 Å². The lowest BCUT2D eigenvalue weighted by Gasteiger charge is -2.36. The predicted octanol–water partition coefficient (Wildman–Crippen LogP) is 2.67. The summed E-state index contributed by atoms with van der Waals surface area (Å²) in [7, 11) is 0. The van der Waals surface area contributed by atoms with Crippen molar-refractivity contribution in [3.63, 3.8) is 0 Å². The van der Waals surface area contributed by atoms with E-state index in [2.05, 4.69) is 20.1 Å². The molecule has 1 N–H and O–H groups in total. The van der Waals surface area contributed by atoms with Gasteiger partial charge in [-0.2, -0.15) is 0 Å². The largest absolute Gasteiger partial charge is 0.491 e. The Kier molecular flexibility index (Phi) is 8.62. The van der Waals surface area contributed by atoms with Gasteiger partial charge in [0.2, 0.25) is 5.91 Å². The van der Waals surface area contributed by atoms with Gasteiger partial charge in [0, 0.05) is 56.9 Å². The van der Waals surface area contributed by atoms with Gasteiger partial charge in [-0.1, -0.05) is 0 Å². The fourth-order valence-electron chi connectivity index (χ4n) is 3.98. The zero-order valence-electron chi connectivity index (χ0n) is 20.3. The van der Waals surface area contributed by atoms with E-state index in [4.69, 9.17) is 9.47 Å². The van der Waals surface area contributed by atoms with E-state index < -0.39 is 0 Å². The summed E-state index contributed by atoms with van der Waals surface area (Å²) in [6.45, 7) is 6.04. The molecule has 0 atom stereocenters. The highest BCUT2D eigenvalue weighted by atomic mass is 19.1. The fraction of sp³-hybridized carbons (Fsp3) is 0.385. The molecule has 36 heavy (non-hydrogen) atoms. The van der Waals surface area contributed by atoms with Crippen molar-refractivity contribution in [2.75, 3.05) is 50.9 Å². The Labute approximate surface area is 208 Å². The van der Waals surface area contributed by atoms with Gasteiger partial charge < -0.3 is 24.3 Å². The molecule has 4 rings (SSSR count). The Hall–Kier alpha value is -3.79. The number of nitrogens with one attached hydrogen (secondary N) is 1. The first-order chi connectivity index (χ1) is 17.5. The molecule has 9 nitrogen and oxygen atoms in total. The van der Waals surface area contributed by atoms with Crippen LogP contribution in [0.4, 0.5) is 10.1 Å².